The van der Waals surface area contributed by atoms with Gasteiger partial charge in [0.15, 0.2) is 0 Å². The molecule has 1 saturated heterocycles. The highest BCUT2D eigenvalue weighted by molar-refractivity contribution is 5.78. The number of cyclic esters (lactones) is 1. The number of esters is 1. The van der Waals surface area contributed by atoms with Gasteiger partial charge >= 0.3 is 5.97 Å². The zero-order valence-electron chi connectivity index (χ0n) is 10.4. The number of hydrogen-bond acceptors (Lipinski definition) is 2. The van der Waals surface area contributed by atoms with Gasteiger partial charge in [-0.25, -0.2) is 0 Å². The van der Waals surface area contributed by atoms with Gasteiger partial charge in [-0.1, -0.05) is 24.1 Å². The zero-order chi connectivity index (χ0) is 12.0. The van der Waals surface area contributed by atoms with Gasteiger partial charge in [-0.15, -0.1) is 6.58 Å². The van der Waals surface area contributed by atoms with Gasteiger partial charge in [-0.2, -0.15) is 0 Å². The Kier molecular flexibility index (Phi) is 2.61. The van der Waals surface area contributed by atoms with E-state index in [4.69, 9.17) is 4.74 Å². The van der Waals surface area contributed by atoms with E-state index in [1.54, 1.807) is 0 Å². The van der Waals surface area contributed by atoms with E-state index in [1.807, 2.05) is 6.92 Å². The molecule has 0 unspecified atom stereocenters. The van der Waals surface area contributed by atoms with Crippen LogP contribution in [0.4, 0.5) is 0 Å². The molecule has 0 radical (unpaired) electrons. The molecule has 2 heteroatoms. The molecule has 0 bridgehead atoms. The maximum absolute atomic E-state index is 11.9. The van der Waals surface area contributed by atoms with Crippen LogP contribution in [-0.2, 0) is 9.53 Å². The van der Waals surface area contributed by atoms with E-state index in [-0.39, 0.29) is 18.0 Å². The molecule has 92 valence electrons. The summed E-state index contributed by atoms with van der Waals surface area (Å²) in [6.07, 6.45) is 9.35. The fourth-order valence-electron chi connectivity index (χ4n) is 4.05. The van der Waals surface area contributed by atoms with Gasteiger partial charge in [-0.3, -0.25) is 4.79 Å². The zero-order valence-corrected chi connectivity index (χ0v) is 10.4. The highest BCUT2D eigenvalue weighted by Gasteiger charge is 2.50. The summed E-state index contributed by atoms with van der Waals surface area (Å²) in [6.45, 7) is 6.03. The minimum absolute atomic E-state index is 0.00245. The summed E-state index contributed by atoms with van der Waals surface area (Å²) in [5.74, 6) is 1.36. The first kappa shape index (κ1) is 11.1. The number of carbonyl (C=O) groups is 1. The van der Waals surface area contributed by atoms with Gasteiger partial charge < -0.3 is 4.74 Å². The van der Waals surface area contributed by atoms with Crippen LogP contribution in [0.25, 0.3) is 0 Å². The minimum atomic E-state index is -0.0223. The van der Waals surface area contributed by atoms with Crippen LogP contribution in [0, 0.1) is 23.7 Å². The number of allylic oxidation sites excluding steroid dienone is 2. The summed E-state index contributed by atoms with van der Waals surface area (Å²) < 4.78 is 5.42. The molecule has 0 amide bonds. The van der Waals surface area contributed by atoms with Crippen molar-refractivity contribution in [3.8, 4) is 0 Å². The SMILES string of the molecule is C=C[C@H]1[C@H]2[C@H](C)OC(=O)[C@H]2C=C2CCCC[C@@H]21. The Balaban J connectivity index is 2.00. The van der Waals surface area contributed by atoms with Gasteiger partial charge in [0.2, 0.25) is 0 Å². The van der Waals surface area contributed by atoms with Crippen molar-refractivity contribution in [3.05, 3.63) is 24.3 Å². The topological polar surface area (TPSA) is 26.3 Å². The standard InChI is InChI=1S/C15H20O2/c1-3-11-12-7-5-4-6-10(12)8-13-14(11)9(2)17-15(13)16/h3,8-9,11-14H,1,4-7H2,2H3/t9-,11+,12-,13-,14+/m0/s1. The molecule has 0 N–H and O–H groups in total. The highest BCUT2D eigenvalue weighted by atomic mass is 16.6. The van der Waals surface area contributed by atoms with Crippen LogP contribution >= 0.6 is 0 Å². The molecule has 5 atom stereocenters. The molecule has 2 aliphatic carbocycles. The van der Waals surface area contributed by atoms with E-state index >= 15 is 0 Å². The maximum Gasteiger partial charge on any atom is 0.313 e. The Morgan fingerprint density at radius 1 is 1.47 bits per heavy atom. The molecule has 0 aromatic carbocycles. The molecule has 1 saturated carbocycles. The Morgan fingerprint density at radius 2 is 2.29 bits per heavy atom. The van der Waals surface area contributed by atoms with E-state index in [2.05, 4.69) is 18.7 Å². The molecular weight excluding hydrogens is 212 g/mol. The van der Waals surface area contributed by atoms with Crippen LogP contribution in [0.15, 0.2) is 24.3 Å². The third-order valence-corrected chi connectivity index (χ3v) is 4.81. The van der Waals surface area contributed by atoms with E-state index in [0.717, 1.165) is 0 Å². The quantitative estimate of drug-likeness (QED) is 0.513. The first-order valence-corrected chi connectivity index (χ1v) is 6.76. The summed E-state index contributed by atoms with van der Waals surface area (Å²) >= 11 is 0. The smallest absolute Gasteiger partial charge is 0.313 e. The van der Waals surface area contributed by atoms with Crippen molar-refractivity contribution in [1.82, 2.24) is 0 Å². The summed E-state index contributed by atoms with van der Waals surface area (Å²) in [5, 5.41) is 0. The largest absolute Gasteiger partial charge is 0.462 e. The molecule has 1 aliphatic heterocycles. The Morgan fingerprint density at radius 3 is 3.06 bits per heavy atom. The lowest BCUT2D eigenvalue weighted by molar-refractivity contribution is -0.142. The van der Waals surface area contributed by atoms with Gasteiger partial charge in [0.1, 0.15) is 6.10 Å². The third-order valence-electron chi connectivity index (χ3n) is 4.81. The van der Waals surface area contributed by atoms with Gasteiger partial charge in [0.05, 0.1) is 5.92 Å². The van der Waals surface area contributed by atoms with E-state index in [9.17, 15) is 4.79 Å². The van der Waals surface area contributed by atoms with Crippen LogP contribution in [0.1, 0.15) is 32.6 Å². The molecule has 3 rings (SSSR count). The second-order valence-electron chi connectivity index (χ2n) is 5.65. The number of carbonyl (C=O) groups excluding carboxylic acids is 1. The minimum Gasteiger partial charge on any atom is -0.462 e. The Hall–Kier alpha value is -1.05. The predicted molar refractivity (Wildman–Crippen MR) is 66.3 cm³/mol. The van der Waals surface area contributed by atoms with Crippen LogP contribution in [0.2, 0.25) is 0 Å². The monoisotopic (exact) mass is 232 g/mol. The molecule has 2 fully saturated rings. The molecular formula is C15H20O2. The lowest BCUT2D eigenvalue weighted by Gasteiger charge is -2.40. The summed E-state index contributed by atoms with van der Waals surface area (Å²) in [7, 11) is 0. The Bertz CT molecular complexity index is 382. The van der Waals surface area contributed by atoms with Crippen LogP contribution < -0.4 is 0 Å². The van der Waals surface area contributed by atoms with Gasteiger partial charge in [0.25, 0.3) is 0 Å². The van der Waals surface area contributed by atoms with Crippen molar-refractivity contribution in [2.45, 2.75) is 38.7 Å². The van der Waals surface area contributed by atoms with Crippen molar-refractivity contribution in [2.24, 2.45) is 23.7 Å². The first-order valence-electron chi connectivity index (χ1n) is 6.76. The molecule has 1 heterocycles. The third kappa shape index (κ3) is 1.57. The summed E-state index contributed by atoms with van der Waals surface area (Å²) in [4.78, 5) is 11.9. The normalized spacial score (nSPS) is 44.4. The average molecular weight is 232 g/mol. The molecule has 17 heavy (non-hydrogen) atoms. The molecule has 0 spiro atoms. The van der Waals surface area contributed by atoms with E-state index in [1.165, 1.54) is 31.3 Å². The van der Waals surface area contributed by atoms with Crippen molar-refractivity contribution >= 4 is 5.97 Å². The van der Waals surface area contributed by atoms with Crippen LogP contribution in [-0.4, -0.2) is 12.1 Å². The average Bonchev–Trinajstić information content (AvgIpc) is 2.62. The summed E-state index contributed by atoms with van der Waals surface area (Å²) in [5.41, 5.74) is 1.49. The highest BCUT2D eigenvalue weighted by Crippen LogP contribution is 2.49. The van der Waals surface area contributed by atoms with Gasteiger partial charge in [-0.05, 0) is 38.0 Å². The number of rotatable bonds is 1. The van der Waals surface area contributed by atoms with E-state index < -0.39 is 0 Å². The number of fused-ring (bicyclic) bond motifs is 2. The number of ether oxygens (including phenoxy) is 1. The van der Waals surface area contributed by atoms with Crippen molar-refractivity contribution in [3.63, 3.8) is 0 Å². The van der Waals surface area contributed by atoms with E-state index in [0.29, 0.717) is 17.8 Å². The van der Waals surface area contributed by atoms with Crippen LogP contribution in [0.5, 0.6) is 0 Å². The Labute approximate surface area is 103 Å². The molecule has 0 aromatic rings. The van der Waals surface area contributed by atoms with Crippen LogP contribution in [0.3, 0.4) is 0 Å². The van der Waals surface area contributed by atoms with Crippen molar-refractivity contribution in [1.29, 1.82) is 0 Å². The van der Waals surface area contributed by atoms with Crippen molar-refractivity contribution in [2.75, 3.05) is 0 Å². The first-order chi connectivity index (χ1) is 8.22. The fraction of sp³-hybridized carbons (Fsp3) is 0.667. The second kappa shape index (κ2) is 4.01. The maximum atomic E-state index is 11.9. The predicted octanol–water partition coefficient (Wildman–Crippen LogP) is 3.10. The lowest BCUT2D eigenvalue weighted by Crippen LogP contribution is -2.36. The molecule has 3 aliphatic rings. The van der Waals surface area contributed by atoms with Crippen molar-refractivity contribution < 1.29 is 9.53 Å². The lowest BCUT2D eigenvalue weighted by atomic mass is 9.63. The molecule has 2 nitrogen and oxygen atoms in total. The van der Waals surface area contributed by atoms with Gasteiger partial charge in [0, 0.05) is 5.92 Å². The molecule has 0 aromatic heterocycles. The number of hydrogen-bond donors (Lipinski definition) is 0. The summed E-state index contributed by atoms with van der Waals surface area (Å²) in [6, 6.07) is 0. The second-order valence-corrected chi connectivity index (χ2v) is 5.65. The fourth-order valence-corrected chi connectivity index (χ4v) is 4.05.